The first-order valence-corrected chi connectivity index (χ1v) is 13.5. The second kappa shape index (κ2) is 12.1. The normalized spacial score (nSPS) is 13.7. The number of nitrogens with one attached hydrogen (secondary N) is 1. The summed E-state index contributed by atoms with van der Waals surface area (Å²) in [7, 11) is 3.69. The summed E-state index contributed by atoms with van der Waals surface area (Å²) in [5.74, 6) is 0.990. The van der Waals surface area contributed by atoms with Crippen LogP contribution in [0.3, 0.4) is 0 Å². The van der Waals surface area contributed by atoms with Gasteiger partial charge in [0, 0.05) is 42.4 Å². The SMILES string of the molecule is COc1ccc([C@H](Nc2ccccc2)[P@@](=O)(OCCC(C)C)c2ccc(N(C)C)cc2)c(OC)c1. The largest absolute Gasteiger partial charge is 0.497 e. The maximum absolute atomic E-state index is 15.0. The zero-order valence-corrected chi connectivity index (χ0v) is 22.4. The van der Waals surface area contributed by atoms with Crippen LogP contribution in [0.5, 0.6) is 11.5 Å². The molecule has 0 aliphatic heterocycles. The van der Waals surface area contributed by atoms with Gasteiger partial charge in [-0.1, -0.05) is 32.0 Å². The van der Waals surface area contributed by atoms with Crippen molar-refractivity contribution in [1.82, 2.24) is 0 Å². The average molecular weight is 497 g/mol. The highest BCUT2D eigenvalue weighted by atomic mass is 31.2. The van der Waals surface area contributed by atoms with Crippen LogP contribution in [0.25, 0.3) is 0 Å². The first kappa shape index (κ1) is 26.7. The molecule has 0 heterocycles. The second-order valence-corrected chi connectivity index (χ2v) is 11.5. The lowest BCUT2D eigenvalue weighted by molar-refractivity contribution is 0.289. The average Bonchev–Trinajstić information content (AvgIpc) is 2.87. The summed E-state index contributed by atoms with van der Waals surface area (Å²) in [5.41, 5.74) is 2.60. The number of hydrogen-bond donors (Lipinski definition) is 1. The van der Waals surface area contributed by atoms with Crippen LogP contribution in [-0.2, 0) is 9.09 Å². The van der Waals surface area contributed by atoms with Gasteiger partial charge in [-0.3, -0.25) is 4.57 Å². The van der Waals surface area contributed by atoms with Crippen LogP contribution in [0, 0.1) is 5.92 Å². The molecular weight excluding hydrogens is 459 g/mol. The van der Waals surface area contributed by atoms with E-state index >= 15 is 4.57 Å². The van der Waals surface area contributed by atoms with E-state index in [0.29, 0.717) is 29.3 Å². The van der Waals surface area contributed by atoms with E-state index in [1.54, 1.807) is 14.2 Å². The van der Waals surface area contributed by atoms with Gasteiger partial charge in [0.1, 0.15) is 17.3 Å². The number of benzene rings is 3. The Bertz CT molecular complexity index is 1120. The molecule has 0 unspecified atom stereocenters. The Balaban J connectivity index is 2.17. The first-order chi connectivity index (χ1) is 16.8. The van der Waals surface area contributed by atoms with Crippen LogP contribution in [0.2, 0.25) is 0 Å². The molecule has 0 fully saturated rings. The Morgan fingerprint density at radius 3 is 2.17 bits per heavy atom. The van der Waals surface area contributed by atoms with Crippen LogP contribution >= 0.6 is 7.37 Å². The molecule has 0 amide bonds. The zero-order chi connectivity index (χ0) is 25.4. The Labute approximate surface area is 209 Å². The summed E-state index contributed by atoms with van der Waals surface area (Å²) in [4.78, 5) is 2.01. The van der Waals surface area contributed by atoms with Gasteiger partial charge in [-0.15, -0.1) is 0 Å². The Kier molecular flexibility index (Phi) is 9.25. The number of para-hydroxylation sites is 1. The van der Waals surface area contributed by atoms with Crippen molar-refractivity contribution < 1.29 is 18.6 Å². The van der Waals surface area contributed by atoms with E-state index in [-0.39, 0.29) is 0 Å². The summed E-state index contributed by atoms with van der Waals surface area (Å²) in [6.07, 6.45) is 0.803. The van der Waals surface area contributed by atoms with Gasteiger partial charge in [-0.25, -0.2) is 0 Å². The monoisotopic (exact) mass is 496 g/mol. The second-order valence-electron chi connectivity index (χ2n) is 9.04. The highest BCUT2D eigenvalue weighted by molar-refractivity contribution is 7.67. The summed E-state index contributed by atoms with van der Waals surface area (Å²) in [6, 6.07) is 23.1. The van der Waals surface area contributed by atoms with Crippen LogP contribution in [-0.4, -0.2) is 34.9 Å². The van der Waals surface area contributed by atoms with Crippen LogP contribution in [0.1, 0.15) is 31.6 Å². The lowest BCUT2D eigenvalue weighted by Gasteiger charge is -2.31. The van der Waals surface area contributed by atoms with E-state index < -0.39 is 13.2 Å². The highest BCUT2D eigenvalue weighted by Gasteiger charge is 2.39. The van der Waals surface area contributed by atoms with E-state index in [9.17, 15) is 0 Å². The Morgan fingerprint density at radius 1 is 0.914 bits per heavy atom. The minimum absolute atomic E-state index is 0.385. The minimum Gasteiger partial charge on any atom is -0.497 e. The third-order valence-electron chi connectivity index (χ3n) is 5.86. The lowest BCUT2D eigenvalue weighted by atomic mass is 10.1. The van der Waals surface area contributed by atoms with Crippen molar-refractivity contribution in [3.8, 4) is 11.5 Å². The van der Waals surface area contributed by atoms with Gasteiger partial charge < -0.3 is 24.2 Å². The molecule has 0 aliphatic carbocycles. The summed E-state index contributed by atoms with van der Waals surface area (Å²) in [6.45, 7) is 4.65. The van der Waals surface area contributed by atoms with Gasteiger partial charge in [0.2, 0.25) is 0 Å². The molecule has 7 heteroatoms. The molecule has 2 atom stereocenters. The Hall–Kier alpha value is -2.95. The minimum atomic E-state index is -3.49. The van der Waals surface area contributed by atoms with E-state index in [0.717, 1.165) is 23.4 Å². The van der Waals surface area contributed by atoms with Crippen molar-refractivity contribution in [2.45, 2.75) is 26.1 Å². The molecule has 0 spiro atoms. The van der Waals surface area contributed by atoms with Gasteiger partial charge in [-0.2, -0.15) is 0 Å². The molecule has 188 valence electrons. The molecule has 0 aromatic heterocycles. The summed E-state index contributed by atoms with van der Waals surface area (Å²) < 4.78 is 32.5. The van der Waals surface area contributed by atoms with Crippen molar-refractivity contribution in [2.24, 2.45) is 5.92 Å². The third-order valence-corrected chi connectivity index (χ3v) is 8.53. The quantitative estimate of drug-likeness (QED) is 0.287. The zero-order valence-electron chi connectivity index (χ0n) is 21.5. The van der Waals surface area contributed by atoms with Crippen LogP contribution in [0.4, 0.5) is 11.4 Å². The van der Waals surface area contributed by atoms with Crippen molar-refractivity contribution in [3.05, 3.63) is 78.4 Å². The number of hydrogen-bond acceptors (Lipinski definition) is 6. The number of ether oxygens (including phenoxy) is 2. The van der Waals surface area contributed by atoms with Gasteiger partial charge in [0.25, 0.3) is 7.37 Å². The topological polar surface area (TPSA) is 60.0 Å². The predicted octanol–water partition coefficient (Wildman–Crippen LogP) is 6.55. The molecular formula is C28H37N2O4P. The molecule has 0 saturated carbocycles. The highest BCUT2D eigenvalue weighted by Crippen LogP contribution is 2.60. The maximum atomic E-state index is 15.0. The predicted molar refractivity (Wildman–Crippen MR) is 146 cm³/mol. The molecule has 0 aliphatic rings. The van der Waals surface area contributed by atoms with Gasteiger partial charge in [-0.05, 0) is 60.9 Å². The molecule has 0 saturated heterocycles. The number of anilines is 2. The van der Waals surface area contributed by atoms with Gasteiger partial charge in [0.15, 0.2) is 0 Å². The Morgan fingerprint density at radius 2 is 1.60 bits per heavy atom. The molecule has 35 heavy (non-hydrogen) atoms. The van der Waals surface area contributed by atoms with Crippen molar-refractivity contribution in [2.75, 3.05) is 45.1 Å². The van der Waals surface area contributed by atoms with E-state index in [1.165, 1.54) is 0 Å². The van der Waals surface area contributed by atoms with Crippen molar-refractivity contribution in [3.63, 3.8) is 0 Å². The van der Waals surface area contributed by atoms with Crippen LogP contribution in [0.15, 0.2) is 72.8 Å². The third kappa shape index (κ3) is 6.59. The van der Waals surface area contributed by atoms with Gasteiger partial charge in [0.05, 0.1) is 20.8 Å². The van der Waals surface area contributed by atoms with Gasteiger partial charge >= 0.3 is 0 Å². The smallest absolute Gasteiger partial charge is 0.258 e. The number of methoxy groups -OCH3 is 2. The summed E-state index contributed by atoms with van der Waals surface area (Å²) >= 11 is 0. The van der Waals surface area contributed by atoms with E-state index in [1.807, 2.05) is 91.8 Å². The maximum Gasteiger partial charge on any atom is 0.258 e. The molecule has 0 radical (unpaired) electrons. The molecule has 6 nitrogen and oxygen atoms in total. The summed E-state index contributed by atoms with van der Waals surface area (Å²) in [5, 5.41) is 4.15. The lowest BCUT2D eigenvalue weighted by Crippen LogP contribution is -2.22. The molecule has 3 rings (SSSR count). The number of rotatable bonds is 12. The molecule has 3 aromatic rings. The molecule has 0 bridgehead atoms. The first-order valence-electron chi connectivity index (χ1n) is 11.8. The van der Waals surface area contributed by atoms with E-state index in [4.69, 9.17) is 14.0 Å². The fraction of sp³-hybridized carbons (Fsp3) is 0.357. The van der Waals surface area contributed by atoms with Crippen LogP contribution < -0.4 is 25.0 Å². The standard InChI is InChI=1S/C28H37N2O4P/c1-21(2)18-19-34-35(31,25-15-12-23(13-16-25)30(3)4)28(29-22-10-8-7-9-11-22)26-17-14-24(32-5)20-27(26)33-6/h7-17,20-21,28-29H,18-19H2,1-6H3/t28-,35+/m1/s1. The van der Waals surface area contributed by atoms with Crippen molar-refractivity contribution in [1.29, 1.82) is 0 Å². The fourth-order valence-corrected chi connectivity index (χ4v) is 6.20. The molecule has 1 N–H and O–H groups in total. The number of nitrogens with zero attached hydrogens (tertiary/aromatic N) is 1. The fourth-order valence-electron chi connectivity index (χ4n) is 3.76. The van der Waals surface area contributed by atoms with Crippen molar-refractivity contribution >= 4 is 24.0 Å². The van der Waals surface area contributed by atoms with E-state index in [2.05, 4.69) is 19.2 Å². The molecule has 3 aromatic carbocycles.